The first-order chi connectivity index (χ1) is 24.0. The summed E-state index contributed by atoms with van der Waals surface area (Å²) in [6, 6.07) is 38.2. The van der Waals surface area contributed by atoms with Crippen molar-refractivity contribution in [3.8, 4) is 33.6 Å². The first-order valence-corrected chi connectivity index (χ1v) is 17.1. The second-order valence-electron chi connectivity index (χ2n) is 14.3. The molecule has 5 heteroatoms. The number of rotatable bonds is 3. The van der Waals surface area contributed by atoms with Gasteiger partial charge in [-0.25, -0.2) is 4.98 Å². The minimum absolute atomic E-state index is 0. The molecule has 0 fully saturated rings. The van der Waals surface area contributed by atoms with Gasteiger partial charge in [0, 0.05) is 43.6 Å². The molecule has 4 aromatic heterocycles. The number of benzene rings is 4. The third-order valence-corrected chi connectivity index (χ3v) is 9.27. The zero-order chi connectivity index (χ0) is 35.2. The van der Waals surface area contributed by atoms with E-state index in [9.17, 15) is 0 Å². The summed E-state index contributed by atoms with van der Waals surface area (Å²) in [7, 11) is 0. The summed E-state index contributed by atoms with van der Waals surface area (Å²) in [4.78, 5) is 13.8. The summed E-state index contributed by atoms with van der Waals surface area (Å²) in [6.07, 6.45) is 3.84. The van der Waals surface area contributed by atoms with Gasteiger partial charge in [-0.05, 0) is 101 Å². The van der Waals surface area contributed by atoms with Gasteiger partial charge in [-0.2, -0.15) is 0 Å². The van der Waals surface area contributed by atoms with Crippen LogP contribution in [0.1, 0.15) is 54.3 Å². The Labute approximate surface area is 314 Å². The zero-order valence-electron chi connectivity index (χ0n) is 30.4. The third kappa shape index (κ3) is 7.15. The summed E-state index contributed by atoms with van der Waals surface area (Å²) in [5.74, 6) is 0. The predicted molar refractivity (Wildman–Crippen MR) is 207 cm³/mol. The minimum atomic E-state index is 0. The molecular formula is C46H41IrN3O-2. The summed E-state index contributed by atoms with van der Waals surface area (Å²) >= 11 is 0. The van der Waals surface area contributed by atoms with Crippen LogP contribution in [0.4, 0.5) is 0 Å². The minimum Gasteiger partial charge on any atom is -0.486 e. The Balaban J connectivity index is 0.000000251. The monoisotopic (exact) mass is 844 g/mol. The summed E-state index contributed by atoms with van der Waals surface area (Å²) in [5, 5.41) is 4.62. The number of fused-ring (bicyclic) bond motifs is 4. The Kier molecular flexibility index (Phi) is 10.1. The largest absolute Gasteiger partial charge is 0.486 e. The van der Waals surface area contributed by atoms with Crippen LogP contribution >= 0.6 is 0 Å². The van der Waals surface area contributed by atoms with Crippen molar-refractivity contribution < 1.29 is 24.5 Å². The molecule has 0 aliphatic heterocycles. The van der Waals surface area contributed by atoms with E-state index in [1.54, 1.807) is 0 Å². The van der Waals surface area contributed by atoms with Crippen molar-refractivity contribution in [2.45, 2.75) is 60.8 Å². The number of pyridine rings is 3. The standard InChI is InChI=1S/C33H29N2O.C13H12N.Ir/c1-19-16-28(33(4,5)6)22-10-7-8-11-23(22)30(19)27-17-29(34-18-20(27)2)26-13-9-12-24-25-15-14-21(3)35-32(25)36-31(24)26;1-10-3-6-12(7-4-10)13-8-5-11(2)9-14-13;/h7-12,14-18H,1-6H3;3-6,8-9H,1-2H3;/q2*-1;. The van der Waals surface area contributed by atoms with Crippen LogP contribution in [-0.4, -0.2) is 15.0 Å². The van der Waals surface area contributed by atoms with Crippen LogP contribution in [0.5, 0.6) is 0 Å². The Hall–Kier alpha value is -4.96. The fraction of sp³-hybridized carbons (Fsp3) is 0.196. The zero-order valence-corrected chi connectivity index (χ0v) is 32.8. The number of hydrogen-bond donors (Lipinski definition) is 0. The topological polar surface area (TPSA) is 51.8 Å². The van der Waals surface area contributed by atoms with Gasteiger partial charge >= 0.3 is 0 Å². The van der Waals surface area contributed by atoms with Gasteiger partial charge in [-0.3, -0.25) is 0 Å². The fourth-order valence-electron chi connectivity index (χ4n) is 6.62. The van der Waals surface area contributed by atoms with Gasteiger partial charge in [0.25, 0.3) is 0 Å². The first kappa shape index (κ1) is 35.9. The molecule has 4 nitrogen and oxygen atoms in total. The smallest absolute Gasteiger partial charge is 0.216 e. The van der Waals surface area contributed by atoms with Crippen LogP contribution in [0.2, 0.25) is 0 Å². The van der Waals surface area contributed by atoms with E-state index >= 15 is 0 Å². The van der Waals surface area contributed by atoms with Crippen LogP contribution in [0, 0.1) is 46.8 Å². The molecule has 1 radical (unpaired) electrons. The van der Waals surface area contributed by atoms with E-state index in [0.717, 1.165) is 50.1 Å². The molecule has 0 aliphatic rings. The van der Waals surface area contributed by atoms with Crippen molar-refractivity contribution >= 4 is 32.8 Å². The van der Waals surface area contributed by atoms with E-state index < -0.39 is 0 Å². The Bertz CT molecular complexity index is 2460. The predicted octanol–water partition coefficient (Wildman–Crippen LogP) is 12.0. The van der Waals surface area contributed by atoms with E-state index in [1.807, 2.05) is 62.6 Å². The Morgan fingerprint density at radius 1 is 0.647 bits per heavy atom. The maximum atomic E-state index is 6.26. The quantitative estimate of drug-likeness (QED) is 0.166. The molecule has 8 aromatic rings. The number of nitrogens with zero attached hydrogens (tertiary/aromatic N) is 3. The Morgan fingerprint density at radius 3 is 2.10 bits per heavy atom. The van der Waals surface area contributed by atoms with E-state index in [-0.39, 0.29) is 25.5 Å². The third-order valence-electron chi connectivity index (χ3n) is 9.27. The molecule has 0 saturated heterocycles. The average Bonchev–Trinajstić information content (AvgIpc) is 3.47. The molecule has 257 valence electrons. The van der Waals surface area contributed by atoms with Crippen molar-refractivity contribution in [2.24, 2.45) is 0 Å². The van der Waals surface area contributed by atoms with Crippen LogP contribution in [0.15, 0.2) is 108 Å². The van der Waals surface area contributed by atoms with E-state index in [1.165, 1.54) is 44.2 Å². The normalized spacial score (nSPS) is 11.4. The molecule has 0 N–H and O–H groups in total. The maximum Gasteiger partial charge on any atom is 0.216 e. The summed E-state index contributed by atoms with van der Waals surface area (Å²) in [5.41, 5.74) is 14.8. The molecule has 0 aliphatic carbocycles. The second kappa shape index (κ2) is 14.3. The van der Waals surface area contributed by atoms with Crippen molar-refractivity contribution in [2.75, 3.05) is 0 Å². The van der Waals surface area contributed by atoms with Gasteiger partial charge in [0.2, 0.25) is 5.71 Å². The van der Waals surface area contributed by atoms with Gasteiger partial charge in [0.1, 0.15) is 0 Å². The van der Waals surface area contributed by atoms with E-state index in [4.69, 9.17) is 9.40 Å². The van der Waals surface area contributed by atoms with Crippen molar-refractivity contribution in [1.82, 2.24) is 15.0 Å². The molecule has 0 bridgehead atoms. The molecule has 8 rings (SSSR count). The molecule has 0 saturated carbocycles. The van der Waals surface area contributed by atoms with Gasteiger partial charge in [0.05, 0.1) is 5.58 Å². The molecular weight excluding hydrogens is 803 g/mol. The number of hydrogen-bond acceptors (Lipinski definition) is 4. The Morgan fingerprint density at radius 2 is 1.39 bits per heavy atom. The summed E-state index contributed by atoms with van der Waals surface area (Å²) in [6.45, 7) is 17.3. The molecule has 51 heavy (non-hydrogen) atoms. The fourth-order valence-corrected chi connectivity index (χ4v) is 6.62. The number of aryl methyl sites for hydroxylation is 5. The van der Waals surface area contributed by atoms with Crippen LogP contribution in [0.3, 0.4) is 0 Å². The van der Waals surface area contributed by atoms with Gasteiger partial charge in [-0.15, -0.1) is 53.6 Å². The van der Waals surface area contributed by atoms with Crippen LogP contribution < -0.4 is 0 Å². The van der Waals surface area contributed by atoms with Crippen molar-refractivity contribution in [1.29, 1.82) is 0 Å². The molecule has 0 amide bonds. The number of furan rings is 1. The molecule has 0 atom stereocenters. The molecule has 0 spiro atoms. The molecule has 4 aromatic carbocycles. The summed E-state index contributed by atoms with van der Waals surface area (Å²) < 4.78 is 6.26. The van der Waals surface area contributed by atoms with Crippen molar-refractivity contribution in [3.05, 3.63) is 149 Å². The first-order valence-electron chi connectivity index (χ1n) is 17.1. The van der Waals surface area contributed by atoms with Gasteiger partial charge in [0.15, 0.2) is 0 Å². The second-order valence-corrected chi connectivity index (χ2v) is 14.3. The van der Waals surface area contributed by atoms with E-state index in [2.05, 4.69) is 118 Å². The number of aromatic nitrogens is 3. The average molecular weight is 844 g/mol. The van der Waals surface area contributed by atoms with Crippen LogP contribution in [-0.2, 0) is 25.5 Å². The van der Waals surface area contributed by atoms with Gasteiger partial charge in [-0.1, -0.05) is 87.2 Å². The van der Waals surface area contributed by atoms with E-state index in [0.29, 0.717) is 5.71 Å². The maximum absolute atomic E-state index is 6.26. The SMILES string of the molecule is Cc1c[c-]c(-c2ccc(C)cn2)cc1.Cc1ccc2c(n1)oc1c(-c3cc(-c4c(C)cc(C(C)(C)C)c5ccccc45)c(C)cn3)[c-]ccc12.[Ir]. The molecule has 0 unspecified atom stereocenters. The van der Waals surface area contributed by atoms with Crippen LogP contribution in [0.25, 0.3) is 66.5 Å². The molecule has 4 heterocycles. The van der Waals surface area contributed by atoms with Gasteiger partial charge < -0.3 is 14.4 Å². The van der Waals surface area contributed by atoms with Crippen molar-refractivity contribution in [3.63, 3.8) is 0 Å².